The minimum absolute atomic E-state index is 0.0530. The summed E-state index contributed by atoms with van der Waals surface area (Å²) in [7, 11) is 1.53. The Labute approximate surface area is 130 Å². The Bertz CT molecular complexity index is 864. The van der Waals surface area contributed by atoms with E-state index in [2.05, 4.69) is 0 Å². The standard InChI is InChI=1S/C16H11ClO5/c1-21-9-4-2-8(3-5-9)14(18)10-7-22-12-6-11(17)15(19)16(20)13(10)12/h2-7,19-20H,1H3. The van der Waals surface area contributed by atoms with Crippen LogP contribution in [-0.4, -0.2) is 23.1 Å². The highest BCUT2D eigenvalue weighted by molar-refractivity contribution is 6.33. The fraction of sp³-hybridized carbons (Fsp3) is 0.0625. The summed E-state index contributed by atoms with van der Waals surface area (Å²) in [6, 6.07) is 7.86. The molecule has 22 heavy (non-hydrogen) atoms. The van der Waals surface area contributed by atoms with E-state index in [1.165, 1.54) is 19.4 Å². The van der Waals surface area contributed by atoms with Gasteiger partial charge in [0.2, 0.25) is 0 Å². The van der Waals surface area contributed by atoms with Crippen LogP contribution in [0.5, 0.6) is 17.2 Å². The number of phenolic OH excluding ortho intramolecular Hbond substituents is 2. The maximum absolute atomic E-state index is 12.5. The van der Waals surface area contributed by atoms with Gasteiger partial charge in [0, 0.05) is 11.6 Å². The highest BCUT2D eigenvalue weighted by Crippen LogP contribution is 2.42. The van der Waals surface area contributed by atoms with Gasteiger partial charge in [-0.05, 0) is 24.3 Å². The summed E-state index contributed by atoms with van der Waals surface area (Å²) < 4.78 is 10.3. The van der Waals surface area contributed by atoms with Gasteiger partial charge in [-0.15, -0.1) is 0 Å². The van der Waals surface area contributed by atoms with Crippen molar-refractivity contribution in [1.29, 1.82) is 0 Å². The van der Waals surface area contributed by atoms with Crippen LogP contribution in [0.1, 0.15) is 15.9 Å². The third kappa shape index (κ3) is 2.16. The lowest BCUT2D eigenvalue weighted by atomic mass is 10.0. The highest BCUT2D eigenvalue weighted by atomic mass is 35.5. The van der Waals surface area contributed by atoms with E-state index in [1.54, 1.807) is 24.3 Å². The zero-order valence-electron chi connectivity index (χ0n) is 11.5. The van der Waals surface area contributed by atoms with Crippen molar-refractivity contribution in [3.63, 3.8) is 0 Å². The molecule has 1 heterocycles. The van der Waals surface area contributed by atoms with Crippen LogP contribution in [0.15, 0.2) is 41.0 Å². The zero-order valence-corrected chi connectivity index (χ0v) is 12.2. The summed E-state index contributed by atoms with van der Waals surface area (Å²) in [6.07, 6.45) is 1.23. The number of hydrogen-bond acceptors (Lipinski definition) is 5. The molecule has 0 aliphatic heterocycles. The molecule has 5 nitrogen and oxygen atoms in total. The van der Waals surface area contributed by atoms with Gasteiger partial charge < -0.3 is 19.4 Å². The Kier molecular flexibility index (Phi) is 3.42. The number of hydrogen-bond donors (Lipinski definition) is 2. The summed E-state index contributed by atoms with van der Waals surface area (Å²) in [5.74, 6) is -0.688. The number of aromatic hydroxyl groups is 2. The van der Waals surface area contributed by atoms with Gasteiger partial charge in [0.25, 0.3) is 0 Å². The van der Waals surface area contributed by atoms with Crippen LogP contribution >= 0.6 is 11.6 Å². The molecule has 0 aliphatic rings. The Hall–Kier alpha value is -2.66. The lowest BCUT2D eigenvalue weighted by molar-refractivity contribution is 0.103. The molecule has 2 aromatic carbocycles. The largest absolute Gasteiger partial charge is 0.504 e. The Balaban J connectivity index is 2.13. The van der Waals surface area contributed by atoms with E-state index in [4.69, 9.17) is 20.8 Å². The van der Waals surface area contributed by atoms with Crippen molar-refractivity contribution in [1.82, 2.24) is 0 Å². The number of benzene rings is 2. The van der Waals surface area contributed by atoms with Crippen LogP contribution in [-0.2, 0) is 0 Å². The van der Waals surface area contributed by atoms with Crippen LogP contribution in [0, 0.1) is 0 Å². The third-order valence-corrected chi connectivity index (χ3v) is 3.65. The Morgan fingerprint density at radius 2 is 1.86 bits per heavy atom. The first-order valence-electron chi connectivity index (χ1n) is 6.33. The van der Waals surface area contributed by atoms with E-state index in [-0.39, 0.29) is 27.3 Å². The predicted molar refractivity (Wildman–Crippen MR) is 81.0 cm³/mol. The van der Waals surface area contributed by atoms with E-state index in [0.717, 1.165) is 0 Å². The van der Waals surface area contributed by atoms with Gasteiger partial charge in [0.1, 0.15) is 17.6 Å². The molecule has 0 radical (unpaired) electrons. The molecule has 0 spiro atoms. The number of ketones is 1. The van der Waals surface area contributed by atoms with E-state index >= 15 is 0 Å². The van der Waals surface area contributed by atoms with Gasteiger partial charge >= 0.3 is 0 Å². The number of fused-ring (bicyclic) bond motifs is 1. The average Bonchev–Trinajstić information content (AvgIpc) is 2.96. The van der Waals surface area contributed by atoms with Gasteiger partial charge in [0.05, 0.1) is 23.1 Å². The second kappa shape index (κ2) is 5.27. The Morgan fingerprint density at radius 1 is 1.18 bits per heavy atom. The van der Waals surface area contributed by atoms with Crippen LogP contribution in [0.2, 0.25) is 5.02 Å². The van der Waals surface area contributed by atoms with Crippen molar-refractivity contribution >= 4 is 28.4 Å². The molecule has 0 aliphatic carbocycles. The molecule has 0 saturated heterocycles. The van der Waals surface area contributed by atoms with Crippen molar-refractivity contribution in [3.8, 4) is 17.2 Å². The Morgan fingerprint density at radius 3 is 2.50 bits per heavy atom. The average molecular weight is 319 g/mol. The van der Waals surface area contributed by atoms with Crippen LogP contribution in [0.25, 0.3) is 11.0 Å². The minimum atomic E-state index is -0.487. The molecular weight excluding hydrogens is 308 g/mol. The van der Waals surface area contributed by atoms with Gasteiger partial charge in [-0.1, -0.05) is 11.6 Å². The number of carbonyl (C=O) groups is 1. The van der Waals surface area contributed by atoms with E-state index < -0.39 is 11.5 Å². The predicted octanol–water partition coefficient (Wildman–Crippen LogP) is 3.74. The molecule has 0 amide bonds. The molecule has 3 rings (SSSR count). The smallest absolute Gasteiger partial charge is 0.197 e. The molecule has 0 bridgehead atoms. The first-order chi connectivity index (χ1) is 10.5. The molecular formula is C16H11ClO5. The third-order valence-electron chi connectivity index (χ3n) is 3.36. The topological polar surface area (TPSA) is 79.9 Å². The van der Waals surface area contributed by atoms with Crippen molar-refractivity contribution < 1.29 is 24.2 Å². The summed E-state index contributed by atoms with van der Waals surface area (Å²) in [5, 5.41) is 19.8. The van der Waals surface area contributed by atoms with Crippen LogP contribution in [0.3, 0.4) is 0 Å². The monoisotopic (exact) mass is 318 g/mol. The second-order valence-corrected chi connectivity index (χ2v) is 5.04. The van der Waals surface area contributed by atoms with E-state index in [1.807, 2.05) is 0 Å². The number of ether oxygens (including phenoxy) is 1. The van der Waals surface area contributed by atoms with Crippen molar-refractivity contribution in [2.45, 2.75) is 0 Å². The zero-order chi connectivity index (χ0) is 15.9. The van der Waals surface area contributed by atoms with Crippen LogP contribution in [0.4, 0.5) is 0 Å². The van der Waals surface area contributed by atoms with Gasteiger partial charge in [0.15, 0.2) is 17.3 Å². The van der Waals surface area contributed by atoms with E-state index in [0.29, 0.717) is 11.3 Å². The number of carbonyl (C=O) groups excluding carboxylic acids is 1. The molecule has 3 aromatic rings. The maximum atomic E-state index is 12.5. The number of halogens is 1. The van der Waals surface area contributed by atoms with Crippen molar-refractivity contribution in [2.24, 2.45) is 0 Å². The number of furan rings is 1. The van der Waals surface area contributed by atoms with Gasteiger partial charge in [-0.25, -0.2) is 0 Å². The first-order valence-corrected chi connectivity index (χ1v) is 6.71. The molecule has 6 heteroatoms. The lowest BCUT2D eigenvalue weighted by Gasteiger charge is -2.04. The fourth-order valence-electron chi connectivity index (χ4n) is 2.20. The molecule has 0 saturated carbocycles. The lowest BCUT2D eigenvalue weighted by Crippen LogP contribution is -2.00. The van der Waals surface area contributed by atoms with Crippen LogP contribution < -0.4 is 4.74 Å². The SMILES string of the molecule is COc1ccc(C(=O)c2coc3cc(Cl)c(O)c(O)c23)cc1. The minimum Gasteiger partial charge on any atom is -0.504 e. The van der Waals surface area contributed by atoms with Crippen molar-refractivity contribution in [3.05, 3.63) is 52.7 Å². The summed E-state index contributed by atoms with van der Waals surface area (Å²) in [4.78, 5) is 12.5. The summed E-state index contributed by atoms with van der Waals surface area (Å²) in [6.45, 7) is 0. The van der Waals surface area contributed by atoms with E-state index in [9.17, 15) is 15.0 Å². The van der Waals surface area contributed by atoms with Gasteiger partial charge in [-0.2, -0.15) is 0 Å². The molecule has 2 N–H and O–H groups in total. The second-order valence-electron chi connectivity index (χ2n) is 4.64. The summed E-state index contributed by atoms with van der Waals surface area (Å²) >= 11 is 5.76. The molecule has 0 fully saturated rings. The molecule has 112 valence electrons. The number of methoxy groups -OCH3 is 1. The first kappa shape index (κ1) is 14.3. The van der Waals surface area contributed by atoms with Crippen molar-refractivity contribution in [2.75, 3.05) is 7.11 Å². The maximum Gasteiger partial charge on any atom is 0.197 e. The van der Waals surface area contributed by atoms with Gasteiger partial charge in [-0.3, -0.25) is 4.79 Å². The fourth-order valence-corrected chi connectivity index (χ4v) is 2.39. The summed E-state index contributed by atoms with van der Waals surface area (Å²) in [5.41, 5.74) is 0.763. The highest BCUT2D eigenvalue weighted by Gasteiger charge is 2.22. The quantitative estimate of drug-likeness (QED) is 0.568. The number of rotatable bonds is 3. The normalized spacial score (nSPS) is 10.8. The molecule has 0 atom stereocenters. The molecule has 0 unspecified atom stereocenters. The molecule has 1 aromatic heterocycles. The number of phenols is 2.